The van der Waals surface area contributed by atoms with Crippen molar-refractivity contribution in [2.45, 2.75) is 13.3 Å². The van der Waals surface area contributed by atoms with E-state index in [9.17, 15) is 23.5 Å². The Labute approximate surface area is 148 Å². The van der Waals surface area contributed by atoms with Crippen molar-refractivity contribution < 1.29 is 23.5 Å². The number of hydrogen-bond donors (Lipinski definition) is 2. The molecule has 3 rings (SSSR count). The van der Waals surface area contributed by atoms with Crippen LogP contribution in [0.4, 0.5) is 14.5 Å². The van der Waals surface area contributed by atoms with Crippen LogP contribution in [-0.4, -0.2) is 28.4 Å². The molecule has 134 valence electrons. The van der Waals surface area contributed by atoms with Gasteiger partial charge in [0.25, 0.3) is 11.8 Å². The van der Waals surface area contributed by atoms with Crippen LogP contribution in [0.25, 0.3) is 0 Å². The molecule has 2 N–H and O–H groups in total. The molecule has 0 atom stereocenters. The molecular formula is C19H16F2N2O3. The molecule has 0 saturated heterocycles. The first kappa shape index (κ1) is 17.6. The average molecular weight is 358 g/mol. The van der Waals surface area contributed by atoms with E-state index in [4.69, 9.17) is 0 Å². The average Bonchev–Trinajstić information content (AvgIpc) is 2.86. The van der Waals surface area contributed by atoms with Crippen molar-refractivity contribution in [3.63, 3.8) is 0 Å². The number of rotatable bonds is 5. The van der Waals surface area contributed by atoms with E-state index in [0.717, 1.165) is 28.7 Å². The van der Waals surface area contributed by atoms with E-state index < -0.39 is 23.4 Å². The lowest BCUT2D eigenvalue weighted by atomic mass is 10.1. The summed E-state index contributed by atoms with van der Waals surface area (Å²) in [6.45, 7) is 1.46. The molecule has 0 aromatic heterocycles. The Balaban J connectivity index is 1.68. The van der Waals surface area contributed by atoms with Crippen LogP contribution in [-0.2, 0) is 16.0 Å². The van der Waals surface area contributed by atoms with Crippen LogP contribution in [0.3, 0.4) is 0 Å². The van der Waals surface area contributed by atoms with Gasteiger partial charge in [-0.2, -0.15) is 0 Å². The van der Waals surface area contributed by atoms with E-state index >= 15 is 0 Å². The van der Waals surface area contributed by atoms with E-state index in [0.29, 0.717) is 6.42 Å². The summed E-state index contributed by atoms with van der Waals surface area (Å²) in [4.78, 5) is 25.5. The van der Waals surface area contributed by atoms with Crippen molar-refractivity contribution in [3.05, 3.63) is 70.9 Å². The summed E-state index contributed by atoms with van der Waals surface area (Å²) in [5.41, 5.74) is 0.753. The van der Waals surface area contributed by atoms with E-state index in [1.807, 2.05) is 0 Å². The van der Waals surface area contributed by atoms with Gasteiger partial charge in [-0.1, -0.05) is 12.1 Å². The van der Waals surface area contributed by atoms with Crippen molar-refractivity contribution in [2.75, 3.05) is 11.9 Å². The third kappa shape index (κ3) is 3.56. The molecule has 0 saturated carbocycles. The number of hydrogen-bond acceptors (Lipinski definition) is 4. The Morgan fingerprint density at radius 2 is 1.69 bits per heavy atom. The van der Waals surface area contributed by atoms with Gasteiger partial charge < -0.3 is 10.4 Å². The standard InChI is InChI=1S/C19H16F2N2O3/c1-11-15(20)8-13(9-16(11)21)22-17-10-18(25)23(19(17)26)7-6-12-2-4-14(24)5-3-12/h2-5,8-10,22,24H,6-7H2,1H3. The number of nitrogens with one attached hydrogen (secondary N) is 1. The molecule has 5 nitrogen and oxygen atoms in total. The smallest absolute Gasteiger partial charge is 0.277 e. The number of phenolic OH excluding ortho intramolecular Hbond substituents is 1. The zero-order chi connectivity index (χ0) is 18.8. The highest BCUT2D eigenvalue weighted by atomic mass is 19.1. The number of phenols is 1. The number of anilines is 1. The molecule has 0 spiro atoms. The maximum absolute atomic E-state index is 13.6. The summed E-state index contributed by atoms with van der Waals surface area (Å²) < 4.78 is 27.2. The van der Waals surface area contributed by atoms with Gasteiger partial charge in [0, 0.05) is 23.9 Å². The normalized spacial score (nSPS) is 14.0. The number of amides is 2. The van der Waals surface area contributed by atoms with E-state index in [1.165, 1.54) is 19.1 Å². The molecule has 26 heavy (non-hydrogen) atoms. The third-order valence-electron chi connectivity index (χ3n) is 4.13. The van der Waals surface area contributed by atoms with Crippen LogP contribution in [0.2, 0.25) is 0 Å². The first-order valence-electron chi connectivity index (χ1n) is 7.93. The highest BCUT2D eigenvalue weighted by molar-refractivity contribution is 6.17. The second-order valence-electron chi connectivity index (χ2n) is 5.96. The van der Waals surface area contributed by atoms with Gasteiger partial charge in [0.1, 0.15) is 23.1 Å². The Hall–Kier alpha value is -3.22. The summed E-state index contributed by atoms with van der Waals surface area (Å²) >= 11 is 0. The lowest BCUT2D eigenvalue weighted by Gasteiger charge is -2.15. The Morgan fingerprint density at radius 1 is 1.08 bits per heavy atom. The van der Waals surface area contributed by atoms with Gasteiger partial charge in [-0.25, -0.2) is 8.78 Å². The van der Waals surface area contributed by atoms with Crippen molar-refractivity contribution in [1.29, 1.82) is 0 Å². The van der Waals surface area contributed by atoms with E-state index in [2.05, 4.69) is 5.32 Å². The number of halogens is 2. The molecule has 2 aromatic rings. The molecule has 7 heteroatoms. The summed E-state index contributed by atoms with van der Waals surface area (Å²) in [5.74, 6) is -2.41. The minimum atomic E-state index is -0.742. The van der Waals surface area contributed by atoms with Gasteiger partial charge in [0.05, 0.1) is 0 Å². The number of carbonyl (C=O) groups is 2. The lowest BCUT2D eigenvalue weighted by Crippen LogP contribution is -2.33. The van der Waals surface area contributed by atoms with Crippen LogP contribution in [0.1, 0.15) is 11.1 Å². The minimum absolute atomic E-state index is 0.0386. The van der Waals surface area contributed by atoms with Crippen molar-refractivity contribution in [2.24, 2.45) is 0 Å². The van der Waals surface area contributed by atoms with E-state index in [-0.39, 0.29) is 29.2 Å². The van der Waals surface area contributed by atoms with Crippen LogP contribution in [0, 0.1) is 18.6 Å². The molecule has 0 bridgehead atoms. The Morgan fingerprint density at radius 3 is 2.31 bits per heavy atom. The predicted octanol–water partition coefficient (Wildman–Crippen LogP) is 2.89. The zero-order valence-electron chi connectivity index (χ0n) is 13.9. The summed E-state index contributed by atoms with van der Waals surface area (Å²) in [6, 6.07) is 8.57. The van der Waals surface area contributed by atoms with Crippen molar-refractivity contribution >= 4 is 17.5 Å². The van der Waals surface area contributed by atoms with Gasteiger partial charge in [-0.05, 0) is 43.2 Å². The number of aromatic hydroxyl groups is 1. The zero-order valence-corrected chi connectivity index (χ0v) is 13.9. The molecule has 1 aliphatic rings. The number of imide groups is 1. The third-order valence-corrected chi connectivity index (χ3v) is 4.13. The fraction of sp³-hybridized carbons (Fsp3) is 0.158. The Bertz CT molecular complexity index is 884. The highest BCUT2D eigenvalue weighted by Gasteiger charge is 2.31. The molecule has 2 aromatic carbocycles. The largest absolute Gasteiger partial charge is 0.508 e. The molecule has 0 radical (unpaired) electrons. The fourth-order valence-corrected chi connectivity index (χ4v) is 2.59. The van der Waals surface area contributed by atoms with Gasteiger partial charge in [0.2, 0.25) is 0 Å². The molecule has 0 aliphatic carbocycles. The monoisotopic (exact) mass is 358 g/mol. The quantitative estimate of drug-likeness (QED) is 0.807. The van der Waals surface area contributed by atoms with Gasteiger partial charge >= 0.3 is 0 Å². The number of nitrogens with zero attached hydrogens (tertiary/aromatic N) is 1. The molecule has 2 amide bonds. The van der Waals surface area contributed by atoms with Crippen molar-refractivity contribution in [3.8, 4) is 5.75 Å². The van der Waals surface area contributed by atoms with Crippen molar-refractivity contribution in [1.82, 2.24) is 4.90 Å². The Kier molecular flexibility index (Phi) is 4.71. The highest BCUT2D eigenvalue weighted by Crippen LogP contribution is 2.22. The molecule has 1 heterocycles. The first-order valence-corrected chi connectivity index (χ1v) is 7.93. The van der Waals surface area contributed by atoms with Gasteiger partial charge in [-0.3, -0.25) is 14.5 Å². The number of benzene rings is 2. The molecular weight excluding hydrogens is 342 g/mol. The fourth-order valence-electron chi connectivity index (χ4n) is 2.59. The van der Waals surface area contributed by atoms with Crippen LogP contribution >= 0.6 is 0 Å². The van der Waals surface area contributed by atoms with Crippen LogP contribution in [0.15, 0.2) is 48.2 Å². The topological polar surface area (TPSA) is 69.6 Å². The summed E-state index contributed by atoms with van der Waals surface area (Å²) in [5, 5.41) is 11.9. The summed E-state index contributed by atoms with van der Waals surface area (Å²) in [7, 11) is 0. The maximum Gasteiger partial charge on any atom is 0.277 e. The van der Waals surface area contributed by atoms with Gasteiger partial charge in [0.15, 0.2) is 0 Å². The van der Waals surface area contributed by atoms with Crippen LogP contribution < -0.4 is 5.32 Å². The first-order chi connectivity index (χ1) is 12.3. The summed E-state index contributed by atoms with van der Waals surface area (Å²) in [6.07, 6.45) is 1.53. The molecule has 0 fully saturated rings. The molecule has 1 aliphatic heterocycles. The maximum atomic E-state index is 13.6. The van der Waals surface area contributed by atoms with Crippen LogP contribution in [0.5, 0.6) is 5.75 Å². The molecule has 0 unspecified atom stereocenters. The lowest BCUT2D eigenvalue weighted by molar-refractivity contribution is -0.137. The van der Waals surface area contributed by atoms with Gasteiger partial charge in [-0.15, -0.1) is 0 Å². The van der Waals surface area contributed by atoms with E-state index in [1.54, 1.807) is 12.1 Å². The SMILES string of the molecule is Cc1c(F)cc(NC2=CC(=O)N(CCc3ccc(O)cc3)C2=O)cc1F. The minimum Gasteiger partial charge on any atom is -0.508 e. The predicted molar refractivity (Wildman–Crippen MR) is 91.3 cm³/mol. The second-order valence-corrected chi connectivity index (χ2v) is 5.96. The number of carbonyl (C=O) groups excluding carboxylic acids is 2. The second kappa shape index (κ2) is 6.95.